The van der Waals surface area contributed by atoms with Crippen LogP contribution in [0, 0.1) is 6.92 Å². The Hall–Kier alpha value is -3.16. The van der Waals surface area contributed by atoms with Crippen molar-refractivity contribution in [3.63, 3.8) is 0 Å². The first-order valence-electron chi connectivity index (χ1n) is 13.4. The molecular weight excluding hydrogens is 478 g/mol. The molecule has 37 heavy (non-hydrogen) atoms. The summed E-state index contributed by atoms with van der Waals surface area (Å²) in [5, 5.41) is 3.44. The van der Waals surface area contributed by atoms with Crippen molar-refractivity contribution >= 4 is 17.0 Å². The summed E-state index contributed by atoms with van der Waals surface area (Å²) in [7, 11) is 1.97. The van der Waals surface area contributed by atoms with E-state index in [9.17, 15) is 4.79 Å². The Kier molecular flexibility index (Phi) is 7.63. The zero-order valence-electron chi connectivity index (χ0n) is 22.4. The van der Waals surface area contributed by atoms with Gasteiger partial charge in [-0.25, -0.2) is 9.67 Å². The molecule has 6 nitrogen and oxygen atoms in total. The minimum Gasteiger partial charge on any atom is -0.372 e. The van der Waals surface area contributed by atoms with Crippen LogP contribution in [0.4, 0.5) is 5.69 Å². The highest BCUT2D eigenvalue weighted by Crippen LogP contribution is 2.33. The number of likely N-dealkylation sites (tertiary alicyclic amines) is 1. The molecule has 1 aliphatic rings. The number of hydrogen-bond acceptors (Lipinski definition) is 5. The third-order valence-electron chi connectivity index (χ3n) is 7.81. The number of para-hydroxylation sites is 1. The molecule has 2 aromatic heterocycles. The molecule has 0 saturated carbocycles. The lowest BCUT2D eigenvalue weighted by Crippen LogP contribution is -2.34. The fraction of sp³-hybridized carbons (Fsp3) is 0.400. The Morgan fingerprint density at radius 2 is 1.68 bits per heavy atom. The molecule has 0 N–H and O–H groups in total. The van der Waals surface area contributed by atoms with Crippen LogP contribution in [-0.4, -0.2) is 45.4 Å². The molecule has 0 atom stereocenters. The van der Waals surface area contributed by atoms with Gasteiger partial charge in [-0.15, -0.1) is 11.3 Å². The summed E-state index contributed by atoms with van der Waals surface area (Å²) in [5.74, 6) is 0.489. The van der Waals surface area contributed by atoms with E-state index in [-0.39, 0.29) is 5.56 Å². The second-order valence-electron chi connectivity index (χ2n) is 9.88. The number of thiazole rings is 1. The molecule has 0 unspecified atom stereocenters. The van der Waals surface area contributed by atoms with E-state index >= 15 is 0 Å². The number of hydrogen-bond donors (Lipinski definition) is 0. The lowest BCUT2D eigenvalue weighted by molar-refractivity contribution is 0.203. The maximum Gasteiger partial charge on any atom is 0.276 e. The van der Waals surface area contributed by atoms with Crippen molar-refractivity contribution in [2.24, 2.45) is 7.05 Å². The van der Waals surface area contributed by atoms with Gasteiger partial charge in [-0.05, 0) is 71.0 Å². The first-order valence-corrected chi connectivity index (χ1v) is 14.2. The molecule has 1 aliphatic heterocycles. The highest BCUT2D eigenvalue weighted by molar-refractivity contribution is 7.10. The van der Waals surface area contributed by atoms with Gasteiger partial charge in [-0.2, -0.15) is 0 Å². The van der Waals surface area contributed by atoms with Gasteiger partial charge in [0.25, 0.3) is 5.56 Å². The first kappa shape index (κ1) is 25.5. The van der Waals surface area contributed by atoms with Crippen LogP contribution in [0.25, 0.3) is 16.9 Å². The Bertz CT molecular complexity index is 1370. The van der Waals surface area contributed by atoms with E-state index in [1.807, 2.05) is 42.1 Å². The normalized spacial score (nSPS) is 14.8. The minimum absolute atomic E-state index is 0.0879. The van der Waals surface area contributed by atoms with Crippen LogP contribution in [0.3, 0.4) is 0 Å². The third-order valence-corrected chi connectivity index (χ3v) is 8.81. The predicted octanol–water partition coefficient (Wildman–Crippen LogP) is 5.83. The summed E-state index contributed by atoms with van der Waals surface area (Å²) in [6.07, 6.45) is 2.15. The summed E-state index contributed by atoms with van der Waals surface area (Å²) in [4.78, 5) is 23.1. The molecule has 5 rings (SSSR count). The van der Waals surface area contributed by atoms with Gasteiger partial charge in [-0.1, -0.05) is 30.3 Å². The molecule has 0 radical (unpaired) electrons. The monoisotopic (exact) mass is 515 g/mol. The largest absolute Gasteiger partial charge is 0.372 e. The number of aromatic nitrogens is 3. The van der Waals surface area contributed by atoms with Crippen molar-refractivity contribution < 1.29 is 0 Å². The van der Waals surface area contributed by atoms with E-state index in [1.165, 1.54) is 16.3 Å². The van der Waals surface area contributed by atoms with Gasteiger partial charge in [0.15, 0.2) is 0 Å². The molecule has 0 amide bonds. The van der Waals surface area contributed by atoms with Crippen LogP contribution < -0.4 is 10.5 Å². The maximum absolute atomic E-state index is 13.3. The third kappa shape index (κ3) is 5.15. The summed E-state index contributed by atoms with van der Waals surface area (Å²) >= 11 is 1.79. The van der Waals surface area contributed by atoms with Crippen molar-refractivity contribution in [1.82, 2.24) is 19.2 Å². The van der Waals surface area contributed by atoms with Crippen LogP contribution in [0.1, 0.15) is 48.9 Å². The molecule has 7 heteroatoms. The lowest BCUT2D eigenvalue weighted by Gasteiger charge is -2.30. The van der Waals surface area contributed by atoms with E-state index in [0.717, 1.165) is 61.7 Å². The molecular formula is C30H37N5OS. The van der Waals surface area contributed by atoms with Crippen molar-refractivity contribution in [2.75, 3.05) is 31.1 Å². The van der Waals surface area contributed by atoms with Gasteiger partial charge in [0.2, 0.25) is 0 Å². The highest BCUT2D eigenvalue weighted by atomic mass is 32.1. The Balaban J connectivity index is 1.23. The second kappa shape index (κ2) is 11.1. The van der Waals surface area contributed by atoms with Gasteiger partial charge in [-0.3, -0.25) is 14.4 Å². The average Bonchev–Trinajstić information content (AvgIpc) is 3.50. The van der Waals surface area contributed by atoms with Crippen LogP contribution in [0.15, 0.2) is 64.8 Å². The van der Waals surface area contributed by atoms with E-state index in [2.05, 4.69) is 60.2 Å². The number of nitrogens with zero attached hydrogens (tertiary/aromatic N) is 5. The summed E-state index contributed by atoms with van der Waals surface area (Å²) in [5.41, 5.74) is 6.46. The molecule has 0 bridgehead atoms. The molecule has 0 aliphatic carbocycles. The molecule has 2 aromatic carbocycles. The smallest absolute Gasteiger partial charge is 0.276 e. The molecule has 194 valence electrons. The summed E-state index contributed by atoms with van der Waals surface area (Å²) in [6, 6.07) is 18.7. The van der Waals surface area contributed by atoms with Gasteiger partial charge in [0.05, 0.1) is 22.0 Å². The zero-order chi connectivity index (χ0) is 25.9. The maximum atomic E-state index is 13.3. The zero-order valence-corrected chi connectivity index (χ0v) is 23.2. The predicted molar refractivity (Wildman–Crippen MR) is 154 cm³/mol. The van der Waals surface area contributed by atoms with Crippen molar-refractivity contribution in [1.29, 1.82) is 0 Å². The van der Waals surface area contributed by atoms with E-state index < -0.39 is 0 Å². The van der Waals surface area contributed by atoms with Crippen molar-refractivity contribution in [2.45, 2.75) is 46.1 Å². The number of rotatable bonds is 8. The Labute approximate surface area is 223 Å². The van der Waals surface area contributed by atoms with E-state index in [0.29, 0.717) is 12.5 Å². The molecule has 3 heterocycles. The van der Waals surface area contributed by atoms with Crippen LogP contribution in [0.5, 0.6) is 0 Å². The standard InChI is InChI=1S/C30H37N5OS/c1-5-34(6-2)25-14-12-23(13-15-25)28-21-37-29(31-28)24-16-18-33(19-17-24)20-27-22(3)32(4)35(30(27)36)26-10-8-7-9-11-26/h7-15,21,24H,5-6,16-20H2,1-4H3. The van der Waals surface area contributed by atoms with E-state index in [4.69, 9.17) is 4.98 Å². The van der Waals surface area contributed by atoms with Gasteiger partial charge < -0.3 is 4.90 Å². The van der Waals surface area contributed by atoms with Gasteiger partial charge in [0, 0.05) is 54.9 Å². The molecule has 1 fully saturated rings. The fourth-order valence-corrected chi connectivity index (χ4v) is 6.41. The highest BCUT2D eigenvalue weighted by Gasteiger charge is 2.25. The molecule has 0 spiro atoms. The topological polar surface area (TPSA) is 46.3 Å². The minimum atomic E-state index is 0.0879. The van der Waals surface area contributed by atoms with Crippen LogP contribution in [0.2, 0.25) is 0 Å². The van der Waals surface area contributed by atoms with Crippen LogP contribution in [-0.2, 0) is 13.6 Å². The van der Waals surface area contributed by atoms with Crippen molar-refractivity contribution in [3.8, 4) is 16.9 Å². The molecule has 4 aromatic rings. The second-order valence-corrected chi connectivity index (χ2v) is 10.8. The van der Waals surface area contributed by atoms with E-state index in [1.54, 1.807) is 16.0 Å². The van der Waals surface area contributed by atoms with Crippen molar-refractivity contribution in [3.05, 3.63) is 86.6 Å². The van der Waals surface area contributed by atoms with Gasteiger partial charge in [0.1, 0.15) is 0 Å². The fourth-order valence-electron chi connectivity index (χ4n) is 5.41. The number of piperidine rings is 1. The number of benzene rings is 2. The summed E-state index contributed by atoms with van der Waals surface area (Å²) in [6.45, 7) is 11.1. The first-order chi connectivity index (χ1) is 18.0. The SMILES string of the molecule is CCN(CC)c1ccc(-c2csc(C3CCN(Cc4c(C)n(C)n(-c5ccccc5)c4=O)CC3)n2)cc1. The lowest BCUT2D eigenvalue weighted by atomic mass is 9.97. The Morgan fingerprint density at radius 1 is 1.00 bits per heavy atom. The van der Waals surface area contributed by atoms with Crippen LogP contribution >= 0.6 is 11.3 Å². The average molecular weight is 516 g/mol. The van der Waals surface area contributed by atoms with Gasteiger partial charge >= 0.3 is 0 Å². The number of anilines is 1. The molecule has 1 saturated heterocycles. The Morgan fingerprint density at radius 3 is 2.32 bits per heavy atom. The summed E-state index contributed by atoms with van der Waals surface area (Å²) < 4.78 is 3.76. The quantitative estimate of drug-likeness (QED) is 0.296.